The highest BCUT2D eigenvalue weighted by Crippen LogP contribution is 2.22. The summed E-state index contributed by atoms with van der Waals surface area (Å²) in [6.07, 6.45) is 2.22. The normalized spacial score (nSPS) is 13.2. The van der Waals surface area contributed by atoms with Crippen LogP contribution in [-0.4, -0.2) is 17.8 Å². The van der Waals surface area contributed by atoms with E-state index in [1.807, 2.05) is 51.3 Å². The van der Waals surface area contributed by atoms with Crippen molar-refractivity contribution in [3.8, 4) is 0 Å². The molecule has 0 saturated heterocycles. The Hall–Kier alpha value is -1.00. The number of carbonyl (C=O) groups excluding carboxylic acids is 1. The first-order chi connectivity index (χ1) is 8.31. The van der Waals surface area contributed by atoms with Gasteiger partial charge in [-0.15, -0.1) is 11.8 Å². The molecule has 1 aromatic rings. The maximum atomic E-state index is 11.7. The molecule has 0 aliphatic heterocycles. The van der Waals surface area contributed by atoms with Crippen LogP contribution >= 0.6 is 11.8 Å². The molecule has 0 spiro atoms. The van der Waals surface area contributed by atoms with E-state index >= 15 is 0 Å². The van der Waals surface area contributed by atoms with Gasteiger partial charge in [-0.25, -0.2) is 0 Å². The standard InChI is InChI=1S/C14H21NO2S/c1-14(2,3)17-13(16)9-12(15)10-6-5-7-11(8-10)18-4/h5-8,12H,9,15H2,1-4H3. The highest BCUT2D eigenvalue weighted by Gasteiger charge is 2.19. The number of hydrogen-bond donors (Lipinski definition) is 1. The maximum Gasteiger partial charge on any atom is 0.308 e. The number of thioether (sulfide) groups is 1. The number of carbonyl (C=O) groups is 1. The monoisotopic (exact) mass is 267 g/mol. The molecular formula is C14H21NO2S. The molecule has 0 amide bonds. The number of ether oxygens (including phenoxy) is 1. The van der Waals surface area contributed by atoms with E-state index in [1.165, 1.54) is 0 Å². The lowest BCUT2D eigenvalue weighted by Gasteiger charge is -2.21. The Morgan fingerprint density at radius 2 is 2.11 bits per heavy atom. The predicted molar refractivity (Wildman–Crippen MR) is 75.6 cm³/mol. The first-order valence-electron chi connectivity index (χ1n) is 5.93. The lowest BCUT2D eigenvalue weighted by atomic mass is 10.0. The van der Waals surface area contributed by atoms with Crippen molar-refractivity contribution in [1.29, 1.82) is 0 Å². The molecule has 3 nitrogen and oxygen atoms in total. The van der Waals surface area contributed by atoms with Crippen LogP contribution in [0.4, 0.5) is 0 Å². The van der Waals surface area contributed by atoms with Crippen molar-refractivity contribution in [3.05, 3.63) is 29.8 Å². The molecule has 0 bridgehead atoms. The van der Waals surface area contributed by atoms with Crippen LogP contribution in [0.1, 0.15) is 38.8 Å². The molecule has 1 unspecified atom stereocenters. The second-order valence-corrected chi connectivity index (χ2v) is 6.05. The third-order valence-corrected chi connectivity index (χ3v) is 3.05. The van der Waals surface area contributed by atoms with Crippen LogP contribution in [0.2, 0.25) is 0 Å². The Bertz CT molecular complexity index is 413. The van der Waals surface area contributed by atoms with E-state index < -0.39 is 5.60 Å². The van der Waals surface area contributed by atoms with E-state index in [-0.39, 0.29) is 18.4 Å². The average molecular weight is 267 g/mol. The molecule has 100 valence electrons. The lowest BCUT2D eigenvalue weighted by Crippen LogP contribution is -2.26. The first-order valence-corrected chi connectivity index (χ1v) is 7.15. The van der Waals surface area contributed by atoms with E-state index in [1.54, 1.807) is 11.8 Å². The molecule has 0 radical (unpaired) electrons. The van der Waals surface area contributed by atoms with E-state index in [0.717, 1.165) is 10.5 Å². The van der Waals surface area contributed by atoms with Crippen molar-refractivity contribution < 1.29 is 9.53 Å². The maximum absolute atomic E-state index is 11.7. The van der Waals surface area contributed by atoms with Gasteiger partial charge in [0.2, 0.25) is 0 Å². The summed E-state index contributed by atoms with van der Waals surface area (Å²) in [5.74, 6) is -0.260. The van der Waals surface area contributed by atoms with Crippen molar-refractivity contribution in [2.24, 2.45) is 5.73 Å². The van der Waals surface area contributed by atoms with Crippen molar-refractivity contribution in [2.75, 3.05) is 6.26 Å². The molecule has 18 heavy (non-hydrogen) atoms. The van der Waals surface area contributed by atoms with Gasteiger partial charge in [-0.1, -0.05) is 12.1 Å². The van der Waals surface area contributed by atoms with Crippen molar-refractivity contribution in [3.63, 3.8) is 0 Å². The van der Waals surface area contributed by atoms with E-state index in [4.69, 9.17) is 10.5 Å². The quantitative estimate of drug-likeness (QED) is 0.672. The minimum Gasteiger partial charge on any atom is -0.460 e. The minimum absolute atomic E-state index is 0.203. The molecular weight excluding hydrogens is 246 g/mol. The van der Waals surface area contributed by atoms with Gasteiger partial charge in [0.25, 0.3) is 0 Å². The van der Waals surface area contributed by atoms with E-state index in [0.29, 0.717) is 0 Å². The topological polar surface area (TPSA) is 52.3 Å². The van der Waals surface area contributed by atoms with Gasteiger partial charge in [0.15, 0.2) is 0 Å². The summed E-state index contributed by atoms with van der Waals surface area (Å²) in [7, 11) is 0. The number of hydrogen-bond acceptors (Lipinski definition) is 4. The molecule has 0 saturated carbocycles. The van der Waals surface area contributed by atoms with Crippen molar-refractivity contribution in [1.82, 2.24) is 0 Å². The van der Waals surface area contributed by atoms with Gasteiger partial charge in [-0.05, 0) is 44.7 Å². The number of esters is 1. The lowest BCUT2D eigenvalue weighted by molar-refractivity contribution is -0.155. The van der Waals surface area contributed by atoms with E-state index in [2.05, 4.69) is 0 Å². The predicted octanol–water partition coefficient (Wildman–Crippen LogP) is 3.14. The smallest absolute Gasteiger partial charge is 0.308 e. The van der Waals surface area contributed by atoms with Gasteiger partial charge in [0.1, 0.15) is 5.60 Å². The second-order valence-electron chi connectivity index (χ2n) is 5.17. The highest BCUT2D eigenvalue weighted by atomic mass is 32.2. The third-order valence-electron chi connectivity index (χ3n) is 2.33. The molecule has 0 heterocycles. The number of nitrogens with two attached hydrogens (primary N) is 1. The molecule has 1 atom stereocenters. The Morgan fingerprint density at radius 1 is 1.44 bits per heavy atom. The largest absolute Gasteiger partial charge is 0.460 e. The fourth-order valence-corrected chi connectivity index (χ4v) is 2.02. The summed E-state index contributed by atoms with van der Waals surface area (Å²) >= 11 is 1.66. The number of benzene rings is 1. The molecule has 2 N–H and O–H groups in total. The zero-order valence-electron chi connectivity index (χ0n) is 11.4. The SMILES string of the molecule is CSc1cccc(C(N)CC(=O)OC(C)(C)C)c1. The van der Waals surface area contributed by atoms with Crippen LogP contribution in [0.25, 0.3) is 0 Å². The second kappa shape index (κ2) is 6.25. The summed E-state index contributed by atoms with van der Waals surface area (Å²) in [5.41, 5.74) is 6.53. The summed E-state index contributed by atoms with van der Waals surface area (Å²) in [5, 5.41) is 0. The minimum atomic E-state index is -0.460. The van der Waals surface area contributed by atoms with Crippen molar-refractivity contribution >= 4 is 17.7 Å². The molecule has 1 aromatic carbocycles. The fourth-order valence-electron chi connectivity index (χ4n) is 1.55. The summed E-state index contributed by atoms with van der Waals surface area (Å²) < 4.78 is 5.26. The van der Waals surface area contributed by atoms with Gasteiger partial charge >= 0.3 is 5.97 Å². The van der Waals surface area contributed by atoms with Crippen LogP contribution in [0.15, 0.2) is 29.2 Å². The highest BCUT2D eigenvalue weighted by molar-refractivity contribution is 7.98. The number of rotatable bonds is 4. The van der Waals surface area contributed by atoms with Crippen LogP contribution in [-0.2, 0) is 9.53 Å². The zero-order chi connectivity index (χ0) is 13.8. The first kappa shape index (κ1) is 15.1. The molecule has 0 aliphatic rings. The van der Waals surface area contributed by atoms with Gasteiger partial charge < -0.3 is 10.5 Å². The molecule has 4 heteroatoms. The summed E-state index contributed by atoms with van der Waals surface area (Å²) in [4.78, 5) is 12.8. The van der Waals surface area contributed by atoms with Crippen LogP contribution in [0.5, 0.6) is 0 Å². The molecule has 0 aromatic heterocycles. The van der Waals surface area contributed by atoms with Crippen LogP contribution in [0, 0.1) is 0 Å². The van der Waals surface area contributed by atoms with Crippen molar-refractivity contribution in [2.45, 2.75) is 43.7 Å². The van der Waals surface area contributed by atoms with Crippen LogP contribution < -0.4 is 5.73 Å². The van der Waals surface area contributed by atoms with Gasteiger partial charge in [-0.2, -0.15) is 0 Å². The van der Waals surface area contributed by atoms with Crippen LogP contribution in [0.3, 0.4) is 0 Å². The average Bonchev–Trinajstić information content (AvgIpc) is 2.26. The van der Waals surface area contributed by atoms with Gasteiger partial charge in [0.05, 0.1) is 6.42 Å². The van der Waals surface area contributed by atoms with E-state index in [9.17, 15) is 4.79 Å². The summed E-state index contributed by atoms with van der Waals surface area (Å²) in [6, 6.07) is 7.62. The Kier molecular flexibility index (Phi) is 5.23. The Morgan fingerprint density at radius 3 is 2.67 bits per heavy atom. The zero-order valence-corrected chi connectivity index (χ0v) is 12.2. The molecule has 1 rings (SSSR count). The molecule has 0 fully saturated rings. The molecule has 0 aliphatic carbocycles. The Balaban J connectivity index is 2.64. The van der Waals surface area contributed by atoms with Gasteiger partial charge in [0, 0.05) is 10.9 Å². The third kappa shape index (κ3) is 5.10. The van der Waals surface area contributed by atoms with Gasteiger partial charge in [-0.3, -0.25) is 4.79 Å². The summed E-state index contributed by atoms with van der Waals surface area (Å²) in [6.45, 7) is 5.56. The Labute approximate surface area is 113 Å². The fraction of sp³-hybridized carbons (Fsp3) is 0.500.